The second-order valence-corrected chi connectivity index (χ2v) is 8.20. The fraction of sp³-hybridized carbons (Fsp3) is 0.667. The zero-order valence-corrected chi connectivity index (χ0v) is 14.2. The van der Waals surface area contributed by atoms with Gasteiger partial charge in [-0.2, -0.15) is 0 Å². The van der Waals surface area contributed by atoms with Crippen molar-refractivity contribution in [3.8, 4) is 0 Å². The highest BCUT2D eigenvalue weighted by Gasteiger charge is 2.41. The van der Waals surface area contributed by atoms with Gasteiger partial charge in [0, 0.05) is 29.6 Å². The van der Waals surface area contributed by atoms with E-state index < -0.39 is 0 Å². The maximum Gasteiger partial charge on any atom is 0.0178 e. The van der Waals surface area contributed by atoms with Crippen LogP contribution in [-0.4, -0.2) is 30.1 Å². The quantitative estimate of drug-likeness (QED) is 0.842. The van der Waals surface area contributed by atoms with E-state index in [-0.39, 0.29) is 0 Å². The Labute approximate surface area is 136 Å². The normalized spacial score (nSPS) is 36.3. The molecule has 0 bridgehead atoms. The summed E-state index contributed by atoms with van der Waals surface area (Å²) in [5, 5.41) is 0. The van der Waals surface area contributed by atoms with Crippen LogP contribution in [0.2, 0.25) is 0 Å². The van der Waals surface area contributed by atoms with Gasteiger partial charge in [-0.05, 0) is 67.2 Å². The molecule has 114 valence electrons. The van der Waals surface area contributed by atoms with Crippen molar-refractivity contribution in [2.45, 2.75) is 50.6 Å². The lowest BCUT2D eigenvalue weighted by Crippen LogP contribution is -2.40. The van der Waals surface area contributed by atoms with E-state index in [1.54, 1.807) is 11.1 Å². The minimum atomic E-state index is 0.459. The third-order valence-corrected chi connectivity index (χ3v) is 6.56. The standard InChI is InChI=1S/C18H25BrN2/c19-15-6-4-13-9-16(7-5-12(13)8-15)21-10-14-2-1-3-18(20)17(14)11-21/h4,6,8,14,16-18H,1-3,5,7,9-11,20H2. The Kier molecular flexibility index (Phi) is 3.85. The van der Waals surface area contributed by atoms with Crippen LogP contribution in [0.1, 0.15) is 36.8 Å². The van der Waals surface area contributed by atoms with Crippen molar-refractivity contribution in [3.05, 3.63) is 33.8 Å². The van der Waals surface area contributed by atoms with Gasteiger partial charge in [-0.3, -0.25) is 4.90 Å². The molecule has 4 rings (SSSR count). The monoisotopic (exact) mass is 348 g/mol. The Balaban J connectivity index is 1.48. The Hall–Kier alpha value is -0.380. The molecule has 1 aromatic rings. The first kappa shape index (κ1) is 14.2. The first-order valence-corrected chi connectivity index (χ1v) is 9.27. The molecule has 2 aliphatic carbocycles. The summed E-state index contributed by atoms with van der Waals surface area (Å²) < 4.78 is 1.22. The van der Waals surface area contributed by atoms with Crippen LogP contribution in [0.15, 0.2) is 22.7 Å². The Morgan fingerprint density at radius 3 is 2.86 bits per heavy atom. The fourth-order valence-electron chi connectivity index (χ4n) is 4.87. The molecule has 0 radical (unpaired) electrons. The number of hydrogen-bond acceptors (Lipinski definition) is 2. The van der Waals surface area contributed by atoms with Gasteiger partial charge in [0.05, 0.1) is 0 Å². The summed E-state index contributed by atoms with van der Waals surface area (Å²) in [6, 6.07) is 8.03. The number of likely N-dealkylation sites (tertiary alicyclic amines) is 1. The molecular formula is C18H25BrN2. The van der Waals surface area contributed by atoms with Gasteiger partial charge in [0.2, 0.25) is 0 Å². The predicted octanol–water partition coefficient (Wildman–Crippen LogP) is 3.37. The van der Waals surface area contributed by atoms with Crippen molar-refractivity contribution in [2.24, 2.45) is 17.6 Å². The molecule has 2 fully saturated rings. The molecular weight excluding hydrogens is 324 g/mol. The zero-order valence-electron chi connectivity index (χ0n) is 12.6. The second kappa shape index (κ2) is 5.68. The van der Waals surface area contributed by atoms with Gasteiger partial charge >= 0.3 is 0 Å². The molecule has 4 atom stereocenters. The first-order chi connectivity index (χ1) is 10.2. The lowest BCUT2D eigenvalue weighted by molar-refractivity contribution is 0.209. The highest BCUT2D eigenvalue weighted by atomic mass is 79.9. The van der Waals surface area contributed by atoms with E-state index >= 15 is 0 Å². The summed E-state index contributed by atoms with van der Waals surface area (Å²) in [7, 11) is 0. The van der Waals surface area contributed by atoms with Crippen molar-refractivity contribution >= 4 is 15.9 Å². The Morgan fingerprint density at radius 1 is 1.10 bits per heavy atom. The Bertz CT molecular complexity index is 530. The number of aryl methyl sites for hydroxylation is 1. The van der Waals surface area contributed by atoms with Gasteiger partial charge in [-0.1, -0.05) is 28.4 Å². The third kappa shape index (κ3) is 2.69. The van der Waals surface area contributed by atoms with Crippen LogP contribution in [0.25, 0.3) is 0 Å². The van der Waals surface area contributed by atoms with Crippen molar-refractivity contribution in [1.82, 2.24) is 4.90 Å². The summed E-state index contributed by atoms with van der Waals surface area (Å²) in [4.78, 5) is 2.77. The van der Waals surface area contributed by atoms with Crippen LogP contribution >= 0.6 is 15.9 Å². The molecule has 1 saturated heterocycles. The van der Waals surface area contributed by atoms with E-state index in [4.69, 9.17) is 5.73 Å². The molecule has 1 heterocycles. The van der Waals surface area contributed by atoms with Crippen LogP contribution in [-0.2, 0) is 12.8 Å². The van der Waals surface area contributed by atoms with Gasteiger partial charge in [-0.25, -0.2) is 0 Å². The number of hydrogen-bond donors (Lipinski definition) is 1. The molecule has 0 amide bonds. The minimum absolute atomic E-state index is 0.459. The van der Waals surface area contributed by atoms with E-state index in [0.29, 0.717) is 6.04 Å². The molecule has 2 nitrogen and oxygen atoms in total. The summed E-state index contributed by atoms with van der Waals surface area (Å²) in [6.07, 6.45) is 7.78. The van der Waals surface area contributed by atoms with Gasteiger partial charge in [0.1, 0.15) is 0 Å². The molecule has 0 spiro atoms. The Morgan fingerprint density at radius 2 is 2.00 bits per heavy atom. The lowest BCUT2D eigenvalue weighted by atomic mass is 9.78. The highest BCUT2D eigenvalue weighted by molar-refractivity contribution is 9.10. The molecule has 1 saturated carbocycles. The number of nitrogens with zero attached hydrogens (tertiary/aromatic N) is 1. The largest absolute Gasteiger partial charge is 0.327 e. The fourth-order valence-corrected chi connectivity index (χ4v) is 5.27. The van der Waals surface area contributed by atoms with Gasteiger partial charge in [0.15, 0.2) is 0 Å². The van der Waals surface area contributed by atoms with Crippen LogP contribution in [0.4, 0.5) is 0 Å². The maximum atomic E-state index is 6.37. The number of rotatable bonds is 1. The number of nitrogens with two attached hydrogens (primary N) is 1. The molecule has 1 aliphatic heterocycles. The van der Waals surface area contributed by atoms with Crippen molar-refractivity contribution in [2.75, 3.05) is 13.1 Å². The van der Waals surface area contributed by atoms with Gasteiger partial charge in [-0.15, -0.1) is 0 Å². The molecule has 3 aliphatic rings. The summed E-state index contributed by atoms with van der Waals surface area (Å²) in [6.45, 7) is 2.55. The first-order valence-electron chi connectivity index (χ1n) is 8.47. The molecule has 4 unspecified atom stereocenters. The molecule has 2 N–H and O–H groups in total. The molecule has 21 heavy (non-hydrogen) atoms. The predicted molar refractivity (Wildman–Crippen MR) is 90.3 cm³/mol. The number of halogens is 1. The smallest absolute Gasteiger partial charge is 0.0178 e. The van der Waals surface area contributed by atoms with Crippen LogP contribution in [0, 0.1) is 11.8 Å². The van der Waals surface area contributed by atoms with E-state index in [0.717, 1.165) is 17.9 Å². The van der Waals surface area contributed by atoms with E-state index in [1.165, 1.54) is 56.1 Å². The van der Waals surface area contributed by atoms with Crippen LogP contribution in [0.3, 0.4) is 0 Å². The third-order valence-electron chi connectivity index (χ3n) is 6.07. The number of fused-ring (bicyclic) bond motifs is 2. The van der Waals surface area contributed by atoms with Crippen LogP contribution < -0.4 is 5.73 Å². The van der Waals surface area contributed by atoms with Gasteiger partial charge in [0.25, 0.3) is 0 Å². The van der Waals surface area contributed by atoms with Crippen molar-refractivity contribution in [1.29, 1.82) is 0 Å². The van der Waals surface area contributed by atoms with Crippen molar-refractivity contribution < 1.29 is 0 Å². The average molecular weight is 349 g/mol. The van der Waals surface area contributed by atoms with E-state index in [9.17, 15) is 0 Å². The molecule has 0 aromatic heterocycles. The van der Waals surface area contributed by atoms with Gasteiger partial charge < -0.3 is 5.73 Å². The average Bonchev–Trinajstić information content (AvgIpc) is 2.92. The van der Waals surface area contributed by atoms with Crippen molar-refractivity contribution in [3.63, 3.8) is 0 Å². The summed E-state index contributed by atoms with van der Waals surface area (Å²) >= 11 is 3.60. The topological polar surface area (TPSA) is 29.3 Å². The van der Waals surface area contributed by atoms with E-state index in [1.807, 2.05) is 0 Å². The second-order valence-electron chi connectivity index (χ2n) is 7.28. The highest BCUT2D eigenvalue weighted by Crippen LogP contribution is 2.38. The van der Waals surface area contributed by atoms with E-state index in [2.05, 4.69) is 39.0 Å². The lowest BCUT2D eigenvalue weighted by Gasteiger charge is -2.33. The maximum absolute atomic E-state index is 6.37. The minimum Gasteiger partial charge on any atom is -0.327 e. The molecule has 3 heteroatoms. The van der Waals surface area contributed by atoms with Crippen LogP contribution in [0.5, 0.6) is 0 Å². The molecule has 1 aromatic carbocycles. The summed E-state index contributed by atoms with van der Waals surface area (Å²) in [5.41, 5.74) is 9.49. The zero-order chi connectivity index (χ0) is 14.4. The summed E-state index contributed by atoms with van der Waals surface area (Å²) in [5.74, 6) is 1.64. The number of benzene rings is 1. The SMILES string of the molecule is NC1CCCC2CN(C3CCc4cc(Br)ccc4C3)CC12.